The van der Waals surface area contributed by atoms with E-state index < -0.39 is 0 Å². The van der Waals surface area contributed by atoms with E-state index in [0.717, 1.165) is 21.9 Å². The van der Waals surface area contributed by atoms with Crippen molar-refractivity contribution < 1.29 is 9.15 Å². The zero-order chi connectivity index (χ0) is 15.4. The first kappa shape index (κ1) is 15.1. The van der Waals surface area contributed by atoms with E-state index in [0.29, 0.717) is 18.2 Å². The van der Waals surface area contributed by atoms with Gasteiger partial charge in [0.05, 0.1) is 24.3 Å². The Morgan fingerprint density at radius 3 is 2.77 bits per heavy atom. The Morgan fingerprint density at radius 2 is 2.09 bits per heavy atom. The van der Waals surface area contributed by atoms with Crippen LogP contribution in [0.1, 0.15) is 0 Å². The SMILES string of the molecule is COCCn1c(-c2ccco2)csc1=Nc1ccc(Cl)cc1. The van der Waals surface area contributed by atoms with Gasteiger partial charge in [-0.05, 0) is 36.4 Å². The van der Waals surface area contributed by atoms with Gasteiger partial charge in [0.1, 0.15) is 0 Å². The third kappa shape index (κ3) is 3.32. The number of furan rings is 1. The van der Waals surface area contributed by atoms with Crippen molar-refractivity contribution in [2.45, 2.75) is 6.54 Å². The van der Waals surface area contributed by atoms with Crippen molar-refractivity contribution in [3.05, 3.63) is 57.9 Å². The summed E-state index contributed by atoms with van der Waals surface area (Å²) in [5.74, 6) is 0.824. The molecule has 3 aromatic rings. The average Bonchev–Trinajstić information content (AvgIpc) is 3.17. The van der Waals surface area contributed by atoms with Gasteiger partial charge >= 0.3 is 0 Å². The van der Waals surface area contributed by atoms with Crippen LogP contribution in [0.3, 0.4) is 0 Å². The Kier molecular flexibility index (Phi) is 4.77. The highest BCUT2D eigenvalue weighted by atomic mass is 35.5. The van der Waals surface area contributed by atoms with Crippen molar-refractivity contribution in [2.24, 2.45) is 4.99 Å². The van der Waals surface area contributed by atoms with E-state index in [1.807, 2.05) is 41.8 Å². The Morgan fingerprint density at radius 1 is 1.27 bits per heavy atom. The molecule has 1 aromatic carbocycles. The van der Waals surface area contributed by atoms with Crippen LogP contribution in [-0.2, 0) is 11.3 Å². The van der Waals surface area contributed by atoms with Crippen molar-refractivity contribution in [3.63, 3.8) is 0 Å². The molecule has 0 atom stereocenters. The van der Waals surface area contributed by atoms with Crippen LogP contribution in [0.25, 0.3) is 11.5 Å². The molecule has 0 amide bonds. The normalized spacial score (nSPS) is 12.0. The summed E-state index contributed by atoms with van der Waals surface area (Å²) < 4.78 is 12.8. The fourth-order valence-corrected chi connectivity index (χ4v) is 3.13. The Hall–Kier alpha value is -1.82. The molecule has 114 valence electrons. The molecule has 0 aliphatic rings. The molecule has 4 nitrogen and oxygen atoms in total. The van der Waals surface area contributed by atoms with E-state index in [1.54, 1.807) is 24.7 Å². The quantitative estimate of drug-likeness (QED) is 0.696. The summed E-state index contributed by atoms with van der Waals surface area (Å²) >= 11 is 7.48. The smallest absolute Gasteiger partial charge is 0.190 e. The highest BCUT2D eigenvalue weighted by Crippen LogP contribution is 2.21. The lowest BCUT2D eigenvalue weighted by Gasteiger charge is -2.06. The molecule has 0 spiro atoms. The van der Waals surface area contributed by atoms with Crippen molar-refractivity contribution in [2.75, 3.05) is 13.7 Å². The molecule has 0 saturated heterocycles. The molecule has 0 N–H and O–H groups in total. The maximum atomic E-state index is 5.91. The minimum Gasteiger partial charge on any atom is -0.463 e. The number of nitrogens with zero attached hydrogens (tertiary/aromatic N) is 2. The van der Waals surface area contributed by atoms with Crippen LogP contribution in [0.15, 0.2) is 57.5 Å². The largest absolute Gasteiger partial charge is 0.463 e. The minimum absolute atomic E-state index is 0.609. The second-order valence-electron chi connectivity index (χ2n) is 4.61. The number of hydrogen-bond donors (Lipinski definition) is 0. The van der Waals surface area contributed by atoms with Crippen molar-refractivity contribution in [1.82, 2.24) is 4.57 Å². The van der Waals surface area contributed by atoms with Crippen molar-refractivity contribution in [3.8, 4) is 11.5 Å². The van der Waals surface area contributed by atoms with Crippen LogP contribution in [0.4, 0.5) is 5.69 Å². The summed E-state index contributed by atoms with van der Waals surface area (Å²) in [7, 11) is 1.69. The molecule has 0 saturated carbocycles. The molecule has 6 heteroatoms. The number of halogens is 1. The third-order valence-electron chi connectivity index (χ3n) is 3.14. The molecule has 2 heterocycles. The number of hydrogen-bond acceptors (Lipinski definition) is 4. The lowest BCUT2D eigenvalue weighted by Crippen LogP contribution is -2.18. The van der Waals surface area contributed by atoms with E-state index in [2.05, 4.69) is 4.57 Å². The standard InChI is InChI=1S/C16H15ClN2O2S/c1-20-10-8-19-14(15-3-2-9-21-15)11-22-16(19)18-13-6-4-12(17)5-7-13/h2-7,9,11H,8,10H2,1H3. The van der Waals surface area contributed by atoms with E-state index in [9.17, 15) is 0 Å². The van der Waals surface area contributed by atoms with E-state index in [4.69, 9.17) is 25.7 Å². The maximum absolute atomic E-state index is 5.91. The molecule has 0 aliphatic heterocycles. The first-order chi connectivity index (χ1) is 10.8. The van der Waals surface area contributed by atoms with E-state index in [1.165, 1.54) is 0 Å². The van der Waals surface area contributed by atoms with Crippen LogP contribution in [0.5, 0.6) is 0 Å². The van der Waals surface area contributed by atoms with Gasteiger partial charge in [-0.2, -0.15) is 0 Å². The Bertz CT molecular complexity index is 788. The highest BCUT2D eigenvalue weighted by Gasteiger charge is 2.10. The van der Waals surface area contributed by atoms with Crippen LogP contribution in [0, 0.1) is 0 Å². The zero-order valence-electron chi connectivity index (χ0n) is 12.0. The Labute approximate surface area is 137 Å². The first-order valence-electron chi connectivity index (χ1n) is 6.79. The van der Waals surface area contributed by atoms with E-state index in [-0.39, 0.29) is 0 Å². The number of rotatable bonds is 5. The van der Waals surface area contributed by atoms with Crippen molar-refractivity contribution in [1.29, 1.82) is 0 Å². The van der Waals surface area contributed by atoms with Gasteiger partial charge in [-0.1, -0.05) is 11.6 Å². The van der Waals surface area contributed by atoms with Gasteiger partial charge < -0.3 is 13.7 Å². The van der Waals surface area contributed by atoms with Gasteiger partial charge in [0.15, 0.2) is 10.6 Å². The molecule has 0 bridgehead atoms. The topological polar surface area (TPSA) is 39.7 Å². The van der Waals surface area contributed by atoms with Gasteiger partial charge in [-0.15, -0.1) is 11.3 Å². The molecular weight excluding hydrogens is 320 g/mol. The number of methoxy groups -OCH3 is 1. The highest BCUT2D eigenvalue weighted by molar-refractivity contribution is 7.07. The number of thiazole rings is 1. The van der Waals surface area contributed by atoms with Crippen LogP contribution in [-0.4, -0.2) is 18.3 Å². The first-order valence-corrected chi connectivity index (χ1v) is 8.05. The van der Waals surface area contributed by atoms with Crippen LogP contribution >= 0.6 is 22.9 Å². The molecular formula is C16H15ClN2O2S. The summed E-state index contributed by atoms with van der Waals surface area (Å²) in [5, 5.41) is 2.75. The molecule has 22 heavy (non-hydrogen) atoms. The lowest BCUT2D eigenvalue weighted by molar-refractivity contribution is 0.187. The average molecular weight is 335 g/mol. The monoisotopic (exact) mass is 334 g/mol. The van der Waals surface area contributed by atoms with Crippen LogP contribution in [0.2, 0.25) is 5.02 Å². The molecule has 3 rings (SSSR count). The predicted octanol–water partition coefficient (Wildman–Crippen LogP) is 4.34. The maximum Gasteiger partial charge on any atom is 0.190 e. The van der Waals surface area contributed by atoms with Gasteiger partial charge in [-0.3, -0.25) is 0 Å². The van der Waals surface area contributed by atoms with Crippen LogP contribution < -0.4 is 4.80 Å². The number of aromatic nitrogens is 1. The van der Waals surface area contributed by atoms with Gasteiger partial charge in [0.2, 0.25) is 0 Å². The lowest BCUT2D eigenvalue weighted by atomic mass is 10.3. The fraction of sp³-hybridized carbons (Fsp3) is 0.188. The summed E-state index contributed by atoms with van der Waals surface area (Å²) in [6.45, 7) is 1.32. The summed E-state index contributed by atoms with van der Waals surface area (Å²) in [6.07, 6.45) is 1.67. The zero-order valence-corrected chi connectivity index (χ0v) is 13.6. The number of ether oxygens (including phenoxy) is 1. The molecule has 0 fully saturated rings. The number of benzene rings is 1. The second kappa shape index (κ2) is 6.96. The second-order valence-corrected chi connectivity index (χ2v) is 5.89. The summed E-state index contributed by atoms with van der Waals surface area (Å²) in [5.41, 5.74) is 1.86. The van der Waals surface area contributed by atoms with Gasteiger partial charge in [0.25, 0.3) is 0 Å². The molecule has 2 aromatic heterocycles. The minimum atomic E-state index is 0.609. The van der Waals surface area contributed by atoms with Gasteiger partial charge in [0, 0.05) is 24.1 Å². The summed E-state index contributed by atoms with van der Waals surface area (Å²) in [6, 6.07) is 11.3. The van der Waals surface area contributed by atoms with E-state index >= 15 is 0 Å². The third-order valence-corrected chi connectivity index (χ3v) is 4.26. The van der Waals surface area contributed by atoms with Crippen molar-refractivity contribution >= 4 is 28.6 Å². The predicted molar refractivity (Wildman–Crippen MR) is 88.6 cm³/mol. The van der Waals surface area contributed by atoms with Gasteiger partial charge in [-0.25, -0.2) is 4.99 Å². The Balaban J connectivity index is 2.05. The molecule has 0 unspecified atom stereocenters. The molecule has 0 aliphatic carbocycles. The fourth-order valence-electron chi connectivity index (χ4n) is 2.07. The molecule has 0 radical (unpaired) electrons. The summed E-state index contributed by atoms with van der Waals surface area (Å²) in [4.78, 5) is 5.59.